The number of carboxylic acids is 1. The highest BCUT2D eigenvalue weighted by molar-refractivity contribution is 7.19. The van der Waals surface area contributed by atoms with Crippen molar-refractivity contribution >= 4 is 39.5 Å². The van der Waals surface area contributed by atoms with Gasteiger partial charge in [0.2, 0.25) is 5.91 Å². The topological polar surface area (TPSA) is 70.5 Å². The smallest absolute Gasteiger partial charge is 0.308 e. The number of aromatic nitrogens is 1. The largest absolute Gasteiger partial charge is 0.481 e. The van der Waals surface area contributed by atoms with E-state index in [-0.39, 0.29) is 5.91 Å². The van der Waals surface area contributed by atoms with Gasteiger partial charge in [0, 0.05) is 19.2 Å². The number of likely N-dealkylation sites (tertiary alicyclic amines) is 1. The molecule has 1 aliphatic rings. The summed E-state index contributed by atoms with van der Waals surface area (Å²) in [6.07, 6.45) is 4.57. The van der Waals surface area contributed by atoms with Crippen LogP contribution in [0.5, 0.6) is 0 Å². The summed E-state index contributed by atoms with van der Waals surface area (Å²) in [5.41, 5.74) is 0.920. The first-order valence-corrected chi connectivity index (χ1v) is 8.00. The predicted octanol–water partition coefficient (Wildman–Crippen LogP) is 2.63. The number of carbonyl (C=O) groups excluding carboxylic acids is 1. The lowest BCUT2D eigenvalue weighted by Gasteiger charge is -2.29. The molecule has 6 heteroatoms. The number of amides is 1. The first-order chi connectivity index (χ1) is 10.6. The molecular weight excluding hydrogens is 300 g/mol. The highest BCUT2D eigenvalue weighted by Gasteiger charge is 2.27. The number of thiazole rings is 1. The van der Waals surface area contributed by atoms with Gasteiger partial charge < -0.3 is 10.0 Å². The van der Waals surface area contributed by atoms with Crippen molar-refractivity contribution < 1.29 is 14.7 Å². The lowest BCUT2D eigenvalue weighted by Crippen LogP contribution is -2.41. The molecule has 5 nitrogen and oxygen atoms in total. The maximum absolute atomic E-state index is 12.2. The van der Waals surface area contributed by atoms with Gasteiger partial charge in [0.15, 0.2) is 0 Å². The Balaban J connectivity index is 1.69. The standard InChI is InChI=1S/C16H16N2O3S/c19-15(18-9-3-4-11(10-18)16(20)21)8-7-14-17-12-5-1-2-6-13(12)22-14/h1-2,5-8,11H,3-4,9-10H2,(H,20,21)/b8-7+. The third kappa shape index (κ3) is 3.17. The summed E-state index contributed by atoms with van der Waals surface area (Å²) < 4.78 is 1.08. The van der Waals surface area contributed by atoms with E-state index in [0.717, 1.165) is 21.6 Å². The van der Waals surface area contributed by atoms with Crippen LogP contribution in [-0.4, -0.2) is 40.0 Å². The zero-order valence-electron chi connectivity index (χ0n) is 11.9. The van der Waals surface area contributed by atoms with Gasteiger partial charge in [0.1, 0.15) is 5.01 Å². The number of rotatable bonds is 3. The van der Waals surface area contributed by atoms with Crippen molar-refractivity contribution in [2.45, 2.75) is 12.8 Å². The van der Waals surface area contributed by atoms with Crippen LogP contribution in [0.25, 0.3) is 16.3 Å². The number of hydrogen-bond acceptors (Lipinski definition) is 4. The summed E-state index contributed by atoms with van der Waals surface area (Å²) in [5.74, 6) is -1.42. The molecular formula is C16H16N2O3S. The molecule has 0 saturated carbocycles. The number of para-hydroxylation sites is 1. The molecule has 2 heterocycles. The van der Waals surface area contributed by atoms with Gasteiger partial charge in [-0.3, -0.25) is 9.59 Å². The van der Waals surface area contributed by atoms with Crippen molar-refractivity contribution in [1.82, 2.24) is 9.88 Å². The Labute approximate surface area is 131 Å². The summed E-state index contributed by atoms with van der Waals surface area (Å²) in [6.45, 7) is 0.908. The van der Waals surface area contributed by atoms with Crippen molar-refractivity contribution in [2.24, 2.45) is 5.92 Å². The van der Waals surface area contributed by atoms with E-state index in [1.807, 2.05) is 24.3 Å². The highest BCUT2D eigenvalue weighted by Crippen LogP contribution is 2.23. The summed E-state index contributed by atoms with van der Waals surface area (Å²) in [6, 6.07) is 7.82. The first kappa shape index (κ1) is 14.7. The van der Waals surface area contributed by atoms with Crippen LogP contribution in [0.15, 0.2) is 30.3 Å². The Morgan fingerprint density at radius 2 is 2.18 bits per heavy atom. The minimum Gasteiger partial charge on any atom is -0.481 e. The molecule has 0 spiro atoms. The van der Waals surface area contributed by atoms with E-state index < -0.39 is 11.9 Å². The van der Waals surface area contributed by atoms with Crippen LogP contribution < -0.4 is 0 Å². The number of benzene rings is 1. The number of piperidine rings is 1. The Hall–Kier alpha value is -2.21. The van der Waals surface area contributed by atoms with Crippen LogP contribution in [0.3, 0.4) is 0 Å². The number of fused-ring (bicyclic) bond motifs is 1. The lowest BCUT2D eigenvalue weighted by atomic mass is 9.98. The minimum atomic E-state index is -0.826. The second-order valence-corrected chi connectivity index (χ2v) is 6.38. The molecule has 3 rings (SSSR count). The molecule has 1 aliphatic heterocycles. The molecule has 2 aromatic rings. The van der Waals surface area contributed by atoms with Crippen molar-refractivity contribution in [2.75, 3.05) is 13.1 Å². The molecule has 1 saturated heterocycles. The third-order valence-electron chi connectivity index (χ3n) is 3.76. The second kappa shape index (κ2) is 6.27. The van der Waals surface area contributed by atoms with Crippen molar-refractivity contribution in [1.29, 1.82) is 0 Å². The normalized spacial score (nSPS) is 18.9. The summed E-state index contributed by atoms with van der Waals surface area (Å²) in [5, 5.41) is 9.84. The number of nitrogens with zero attached hydrogens (tertiary/aromatic N) is 2. The van der Waals surface area contributed by atoms with Gasteiger partial charge in [0.25, 0.3) is 0 Å². The molecule has 1 unspecified atom stereocenters. The molecule has 1 fully saturated rings. The fraction of sp³-hybridized carbons (Fsp3) is 0.312. The van der Waals surface area contributed by atoms with Gasteiger partial charge in [-0.2, -0.15) is 0 Å². The molecule has 1 aromatic heterocycles. The summed E-state index contributed by atoms with van der Waals surface area (Å²) >= 11 is 1.53. The zero-order chi connectivity index (χ0) is 15.5. The Bertz CT molecular complexity index is 705. The Morgan fingerprint density at radius 3 is 2.95 bits per heavy atom. The summed E-state index contributed by atoms with van der Waals surface area (Å²) in [4.78, 5) is 29.3. The van der Waals surface area contributed by atoms with Gasteiger partial charge in [0.05, 0.1) is 16.1 Å². The van der Waals surface area contributed by atoms with E-state index >= 15 is 0 Å². The van der Waals surface area contributed by atoms with Crippen molar-refractivity contribution in [3.63, 3.8) is 0 Å². The van der Waals surface area contributed by atoms with E-state index in [0.29, 0.717) is 19.5 Å². The van der Waals surface area contributed by atoms with E-state index in [2.05, 4.69) is 4.98 Å². The summed E-state index contributed by atoms with van der Waals surface area (Å²) in [7, 11) is 0. The molecule has 1 aromatic carbocycles. The first-order valence-electron chi connectivity index (χ1n) is 7.19. The molecule has 22 heavy (non-hydrogen) atoms. The zero-order valence-corrected chi connectivity index (χ0v) is 12.8. The maximum atomic E-state index is 12.2. The molecule has 1 amide bonds. The number of hydrogen-bond donors (Lipinski definition) is 1. The van der Waals surface area contributed by atoms with Gasteiger partial charge in [-0.15, -0.1) is 11.3 Å². The molecule has 1 N–H and O–H groups in total. The number of carbonyl (C=O) groups is 2. The highest BCUT2D eigenvalue weighted by atomic mass is 32.1. The molecule has 0 bridgehead atoms. The van der Waals surface area contributed by atoms with Crippen LogP contribution in [0, 0.1) is 5.92 Å². The van der Waals surface area contributed by atoms with E-state index in [4.69, 9.17) is 5.11 Å². The predicted molar refractivity (Wildman–Crippen MR) is 85.6 cm³/mol. The van der Waals surface area contributed by atoms with Crippen molar-refractivity contribution in [3.8, 4) is 0 Å². The molecule has 1 atom stereocenters. The van der Waals surface area contributed by atoms with Gasteiger partial charge in [-0.1, -0.05) is 12.1 Å². The number of aliphatic carboxylic acids is 1. The van der Waals surface area contributed by atoms with E-state index in [1.54, 1.807) is 11.0 Å². The molecule has 0 aliphatic carbocycles. The Morgan fingerprint density at radius 1 is 1.36 bits per heavy atom. The average Bonchev–Trinajstić information content (AvgIpc) is 2.95. The Kier molecular flexibility index (Phi) is 4.20. The minimum absolute atomic E-state index is 0.148. The van der Waals surface area contributed by atoms with Crippen LogP contribution >= 0.6 is 11.3 Å². The number of carboxylic acid groups (broad SMARTS) is 1. The fourth-order valence-corrected chi connectivity index (χ4v) is 3.46. The SMILES string of the molecule is O=C(O)C1CCCN(C(=O)/C=C/c2nc3ccccc3s2)C1. The quantitative estimate of drug-likeness (QED) is 0.884. The third-order valence-corrected chi connectivity index (χ3v) is 4.76. The monoisotopic (exact) mass is 316 g/mol. The van der Waals surface area contributed by atoms with E-state index in [9.17, 15) is 9.59 Å². The van der Waals surface area contributed by atoms with Crippen LogP contribution in [0.2, 0.25) is 0 Å². The average molecular weight is 316 g/mol. The van der Waals surface area contributed by atoms with Gasteiger partial charge >= 0.3 is 5.97 Å². The maximum Gasteiger partial charge on any atom is 0.308 e. The van der Waals surface area contributed by atoms with Crippen LogP contribution in [0.4, 0.5) is 0 Å². The lowest BCUT2D eigenvalue weighted by molar-refractivity contribution is -0.144. The molecule has 0 radical (unpaired) electrons. The fourth-order valence-electron chi connectivity index (χ4n) is 2.59. The van der Waals surface area contributed by atoms with Crippen LogP contribution in [0.1, 0.15) is 17.8 Å². The van der Waals surface area contributed by atoms with Crippen LogP contribution in [-0.2, 0) is 9.59 Å². The van der Waals surface area contributed by atoms with Gasteiger partial charge in [-0.25, -0.2) is 4.98 Å². The van der Waals surface area contributed by atoms with Gasteiger partial charge in [-0.05, 0) is 31.1 Å². The van der Waals surface area contributed by atoms with Crippen molar-refractivity contribution in [3.05, 3.63) is 35.3 Å². The second-order valence-electron chi connectivity index (χ2n) is 5.31. The molecule has 114 valence electrons. The van der Waals surface area contributed by atoms with E-state index in [1.165, 1.54) is 17.4 Å².